The number of nitrogens with zero attached hydrogens (tertiary/aromatic N) is 5. The maximum Gasteiger partial charge on any atom is 0.274 e. The summed E-state index contributed by atoms with van der Waals surface area (Å²) in [7, 11) is 1.60. The summed E-state index contributed by atoms with van der Waals surface area (Å²) in [5.41, 5.74) is 1.74. The van der Waals surface area contributed by atoms with Crippen LogP contribution in [-0.2, 0) is 34.0 Å². The largest absolute Gasteiger partial charge is 0.496 e. The fourth-order valence-electron chi connectivity index (χ4n) is 4.98. The first kappa shape index (κ1) is 34.1. The van der Waals surface area contributed by atoms with E-state index in [0.717, 1.165) is 11.1 Å². The first-order chi connectivity index (χ1) is 21.9. The third-order valence-electron chi connectivity index (χ3n) is 7.50. The van der Waals surface area contributed by atoms with Gasteiger partial charge in [-0.2, -0.15) is 5.10 Å². The molecule has 16 nitrogen and oxygen atoms in total. The summed E-state index contributed by atoms with van der Waals surface area (Å²) < 4.78 is 12.7. The molecule has 3 aromatic rings. The van der Waals surface area contributed by atoms with E-state index in [1.165, 1.54) is 26.2 Å². The van der Waals surface area contributed by atoms with Crippen LogP contribution in [0.4, 0.5) is 0 Å². The molecule has 2 aromatic heterocycles. The van der Waals surface area contributed by atoms with Crippen LogP contribution in [0.25, 0.3) is 0 Å². The molecule has 0 fully saturated rings. The topological polar surface area (TPSA) is 206 Å². The first-order valence-electron chi connectivity index (χ1n) is 15.0. The lowest BCUT2D eigenvalue weighted by atomic mass is 10.0. The van der Waals surface area contributed by atoms with Crippen molar-refractivity contribution in [3.63, 3.8) is 0 Å². The molecule has 46 heavy (non-hydrogen) atoms. The Morgan fingerprint density at radius 3 is 2.48 bits per heavy atom. The van der Waals surface area contributed by atoms with Crippen molar-refractivity contribution >= 4 is 23.6 Å². The first-order valence-corrected chi connectivity index (χ1v) is 15.0. The molecule has 0 saturated heterocycles. The molecular weight excluding hydrogens is 598 g/mol. The summed E-state index contributed by atoms with van der Waals surface area (Å²) in [5.74, 6) is -1.68. The zero-order chi connectivity index (χ0) is 33.4. The Morgan fingerprint density at radius 2 is 1.80 bits per heavy atom. The van der Waals surface area contributed by atoms with Gasteiger partial charge in [0.2, 0.25) is 17.7 Å². The molecule has 248 valence electrons. The standard InChI is InChI=1S/C30H41N9O7/c1-17(2)25-29(43)32-8-9-38(12-20-6-7-24(45-5)21(10-20)13-39-16-31-15-33-39)14-22-11-23(37-46-22)28(42)36-26(19(4)40)30(44)34-18(3)27(41)35-25/h6-7,10-11,15-19,25-26,40H,8-9,12-14H2,1-5H3,(H,32,43)(H,34,44)(H,35,41)(H,36,42)/t18-,19+,25-,26-/m0/s1. The monoisotopic (exact) mass is 639 g/mol. The number of hydrogen-bond donors (Lipinski definition) is 5. The van der Waals surface area contributed by atoms with Crippen LogP contribution in [0, 0.1) is 5.92 Å². The molecule has 0 spiro atoms. The second kappa shape index (κ2) is 15.4. The smallest absolute Gasteiger partial charge is 0.274 e. The van der Waals surface area contributed by atoms with Crippen LogP contribution < -0.4 is 26.0 Å². The second-order valence-corrected chi connectivity index (χ2v) is 11.6. The lowest BCUT2D eigenvalue weighted by molar-refractivity contribution is -0.133. The number of carbonyl (C=O) groups excluding carboxylic acids is 4. The van der Waals surface area contributed by atoms with Crippen LogP contribution in [0.2, 0.25) is 0 Å². The predicted octanol–water partition coefficient (Wildman–Crippen LogP) is -0.420. The predicted molar refractivity (Wildman–Crippen MR) is 163 cm³/mol. The Morgan fingerprint density at radius 1 is 1.02 bits per heavy atom. The van der Waals surface area contributed by atoms with E-state index in [0.29, 0.717) is 31.1 Å². The van der Waals surface area contributed by atoms with E-state index in [2.05, 4.69) is 36.5 Å². The molecule has 4 amide bonds. The van der Waals surface area contributed by atoms with Gasteiger partial charge in [0.15, 0.2) is 11.5 Å². The van der Waals surface area contributed by atoms with Gasteiger partial charge in [0.25, 0.3) is 5.91 Å². The summed E-state index contributed by atoms with van der Waals surface area (Å²) >= 11 is 0. The van der Waals surface area contributed by atoms with Crippen LogP contribution in [0.15, 0.2) is 41.4 Å². The number of aliphatic hydroxyl groups is 1. The lowest BCUT2D eigenvalue weighted by Crippen LogP contribution is -2.58. The van der Waals surface area contributed by atoms with Gasteiger partial charge in [-0.3, -0.25) is 24.1 Å². The molecule has 3 heterocycles. The molecule has 1 aromatic carbocycles. The minimum absolute atomic E-state index is 0.0899. The molecule has 0 unspecified atom stereocenters. The van der Waals surface area contributed by atoms with Gasteiger partial charge in [-0.15, -0.1) is 0 Å². The van der Waals surface area contributed by atoms with Crippen molar-refractivity contribution in [1.82, 2.24) is 46.1 Å². The summed E-state index contributed by atoms with van der Waals surface area (Å²) in [6, 6.07) is 3.93. The van der Waals surface area contributed by atoms with Crippen LogP contribution in [0.1, 0.15) is 55.1 Å². The van der Waals surface area contributed by atoms with Gasteiger partial charge < -0.3 is 35.6 Å². The summed E-state index contributed by atoms with van der Waals surface area (Å²) in [6.07, 6.45) is 1.78. The Hall–Kier alpha value is -4.83. The number of amides is 4. The minimum atomic E-state index is -1.38. The average molecular weight is 640 g/mol. The molecular formula is C30H41N9O7. The van der Waals surface area contributed by atoms with Gasteiger partial charge in [0, 0.05) is 31.3 Å². The van der Waals surface area contributed by atoms with Crippen LogP contribution in [-0.4, -0.2) is 98.0 Å². The van der Waals surface area contributed by atoms with Crippen molar-refractivity contribution in [2.75, 3.05) is 20.2 Å². The Bertz CT molecular complexity index is 1510. The normalized spacial score (nSPS) is 21.4. The van der Waals surface area contributed by atoms with E-state index in [1.807, 2.05) is 23.1 Å². The third kappa shape index (κ3) is 8.88. The number of nitrogens with one attached hydrogen (secondary N) is 4. The summed E-state index contributed by atoms with van der Waals surface area (Å²) in [6.45, 7) is 8.10. The molecule has 16 heteroatoms. The molecule has 5 N–H and O–H groups in total. The van der Waals surface area contributed by atoms with Crippen LogP contribution >= 0.6 is 0 Å². The number of ether oxygens (including phenoxy) is 1. The molecule has 1 aliphatic heterocycles. The molecule has 4 rings (SSSR count). The number of carbonyl (C=O) groups is 4. The number of fused-ring (bicyclic) bond motifs is 2. The number of methoxy groups -OCH3 is 1. The highest BCUT2D eigenvalue weighted by Crippen LogP contribution is 2.22. The van der Waals surface area contributed by atoms with E-state index in [1.54, 1.807) is 32.0 Å². The van der Waals surface area contributed by atoms with Gasteiger partial charge in [-0.25, -0.2) is 9.67 Å². The highest BCUT2D eigenvalue weighted by Gasteiger charge is 2.32. The molecule has 1 aliphatic rings. The van der Waals surface area contributed by atoms with Gasteiger partial charge >= 0.3 is 0 Å². The second-order valence-electron chi connectivity index (χ2n) is 11.6. The number of rotatable bonds is 7. The van der Waals surface area contributed by atoms with Crippen molar-refractivity contribution in [2.45, 2.75) is 71.6 Å². The fourth-order valence-corrected chi connectivity index (χ4v) is 4.98. The molecule has 4 atom stereocenters. The zero-order valence-corrected chi connectivity index (χ0v) is 26.5. The minimum Gasteiger partial charge on any atom is -0.496 e. The van der Waals surface area contributed by atoms with Crippen molar-refractivity contribution in [1.29, 1.82) is 0 Å². The van der Waals surface area contributed by atoms with E-state index in [-0.39, 0.29) is 30.6 Å². The maximum atomic E-state index is 13.2. The van der Waals surface area contributed by atoms with E-state index in [9.17, 15) is 24.3 Å². The molecule has 0 aliphatic carbocycles. The average Bonchev–Trinajstić information content (AvgIpc) is 3.70. The van der Waals surface area contributed by atoms with E-state index < -0.39 is 42.0 Å². The van der Waals surface area contributed by atoms with Gasteiger partial charge in [0.1, 0.15) is 36.5 Å². The lowest BCUT2D eigenvalue weighted by Gasteiger charge is -2.26. The van der Waals surface area contributed by atoms with Crippen molar-refractivity contribution in [3.05, 3.63) is 59.5 Å². The molecule has 0 saturated carbocycles. The summed E-state index contributed by atoms with van der Waals surface area (Å²) in [4.78, 5) is 58.1. The zero-order valence-electron chi connectivity index (χ0n) is 26.5. The van der Waals surface area contributed by atoms with Crippen LogP contribution in [0.5, 0.6) is 5.75 Å². The molecule has 0 radical (unpaired) electrons. The number of benzene rings is 1. The van der Waals surface area contributed by atoms with Crippen molar-refractivity contribution < 1.29 is 33.5 Å². The maximum absolute atomic E-state index is 13.2. The van der Waals surface area contributed by atoms with E-state index in [4.69, 9.17) is 9.26 Å². The van der Waals surface area contributed by atoms with E-state index >= 15 is 0 Å². The van der Waals surface area contributed by atoms with Gasteiger partial charge in [-0.05, 0) is 37.5 Å². The summed E-state index contributed by atoms with van der Waals surface area (Å²) in [5, 5.41) is 28.9. The SMILES string of the molecule is COc1ccc(CN2CCNC(=O)[C@H](C(C)C)NC(=O)[C@H](C)NC(=O)[C@H]([C@@H](C)O)NC(=O)c3cc(on3)C2)cc1Cn1cncn1. The Balaban J connectivity index is 1.61. The number of hydrogen-bond acceptors (Lipinski definition) is 11. The highest BCUT2D eigenvalue weighted by atomic mass is 16.5. The quantitative estimate of drug-likeness (QED) is 0.224. The number of aliphatic hydroxyl groups excluding tert-OH is 1. The van der Waals surface area contributed by atoms with Gasteiger partial charge in [0.05, 0.1) is 26.3 Å². The Labute approximate surface area is 266 Å². The number of aromatic nitrogens is 4. The fraction of sp³-hybridized carbons (Fsp3) is 0.500. The third-order valence-corrected chi connectivity index (χ3v) is 7.50. The Kier molecular flexibility index (Phi) is 11.4. The van der Waals surface area contributed by atoms with Crippen molar-refractivity contribution in [2.24, 2.45) is 5.92 Å². The highest BCUT2D eigenvalue weighted by molar-refractivity contribution is 5.97. The van der Waals surface area contributed by atoms with Crippen molar-refractivity contribution in [3.8, 4) is 5.75 Å². The van der Waals surface area contributed by atoms with Gasteiger partial charge in [-0.1, -0.05) is 25.1 Å². The molecule has 2 bridgehead atoms. The van der Waals surface area contributed by atoms with Crippen LogP contribution in [0.3, 0.4) is 0 Å².